The van der Waals surface area contributed by atoms with Gasteiger partial charge in [0.15, 0.2) is 0 Å². The van der Waals surface area contributed by atoms with Gasteiger partial charge < -0.3 is 0 Å². The first-order chi connectivity index (χ1) is 7.93. The maximum Gasteiger partial charge on any atom is 0.243 e. The molecule has 0 saturated heterocycles. The van der Waals surface area contributed by atoms with Crippen LogP contribution in [0.1, 0.15) is 24.5 Å². The fourth-order valence-corrected chi connectivity index (χ4v) is 3.06. The van der Waals surface area contributed by atoms with Crippen LogP contribution in [0.15, 0.2) is 23.1 Å². The van der Waals surface area contributed by atoms with Crippen LogP contribution in [0.25, 0.3) is 0 Å². The van der Waals surface area contributed by atoms with Crippen molar-refractivity contribution < 1.29 is 8.42 Å². The fraction of sp³-hybridized carbons (Fsp3) is 0.417. The van der Waals surface area contributed by atoms with Crippen molar-refractivity contribution in [3.8, 4) is 6.07 Å². The van der Waals surface area contributed by atoms with Gasteiger partial charge in [0.05, 0.1) is 16.5 Å². The van der Waals surface area contributed by atoms with Gasteiger partial charge in [0.1, 0.15) is 0 Å². The Morgan fingerprint density at radius 3 is 2.59 bits per heavy atom. The molecule has 0 bridgehead atoms. The third-order valence-corrected chi connectivity index (χ3v) is 4.54. The first kappa shape index (κ1) is 13.7. The van der Waals surface area contributed by atoms with E-state index in [9.17, 15) is 8.42 Å². The van der Waals surface area contributed by atoms with E-state index < -0.39 is 10.0 Å². The second-order valence-corrected chi connectivity index (χ2v) is 5.93. The lowest BCUT2D eigenvalue weighted by Crippen LogP contribution is -2.28. The summed E-state index contributed by atoms with van der Waals surface area (Å²) in [6, 6.07) is 6.66. The monoisotopic (exact) mass is 252 g/mol. The Morgan fingerprint density at radius 2 is 2.06 bits per heavy atom. The van der Waals surface area contributed by atoms with Crippen LogP contribution in [0, 0.1) is 18.3 Å². The zero-order valence-corrected chi connectivity index (χ0v) is 11.1. The summed E-state index contributed by atoms with van der Waals surface area (Å²) >= 11 is 0. The summed E-state index contributed by atoms with van der Waals surface area (Å²) in [6.07, 6.45) is 0.757. The number of hydrogen-bond acceptors (Lipinski definition) is 3. The lowest BCUT2D eigenvalue weighted by atomic mass is 10.2. The molecule has 0 heterocycles. The Labute approximate surface area is 103 Å². The Morgan fingerprint density at radius 1 is 1.41 bits per heavy atom. The number of benzene rings is 1. The van der Waals surface area contributed by atoms with Crippen molar-refractivity contribution in [2.75, 3.05) is 13.6 Å². The zero-order chi connectivity index (χ0) is 13.1. The normalized spacial score (nSPS) is 11.5. The van der Waals surface area contributed by atoms with Crippen molar-refractivity contribution in [1.82, 2.24) is 4.31 Å². The van der Waals surface area contributed by atoms with Gasteiger partial charge in [-0.3, -0.25) is 0 Å². The average Bonchev–Trinajstić information content (AvgIpc) is 2.29. The van der Waals surface area contributed by atoms with E-state index in [4.69, 9.17) is 5.26 Å². The van der Waals surface area contributed by atoms with Crippen LogP contribution in [0.5, 0.6) is 0 Å². The van der Waals surface area contributed by atoms with Crippen LogP contribution in [-0.2, 0) is 10.0 Å². The SMILES string of the molecule is CCCN(C)S(=O)(=O)c1cc(C#N)ccc1C. The van der Waals surface area contributed by atoms with E-state index in [1.165, 1.54) is 10.4 Å². The molecular formula is C12H16N2O2S. The molecule has 0 amide bonds. The molecule has 0 aliphatic rings. The summed E-state index contributed by atoms with van der Waals surface area (Å²) in [7, 11) is -1.93. The van der Waals surface area contributed by atoms with Crippen LogP contribution < -0.4 is 0 Å². The average molecular weight is 252 g/mol. The molecule has 0 radical (unpaired) electrons. The van der Waals surface area contributed by atoms with E-state index in [1.54, 1.807) is 26.1 Å². The molecule has 0 saturated carbocycles. The number of sulfonamides is 1. The third-order valence-electron chi connectivity index (χ3n) is 2.54. The molecule has 17 heavy (non-hydrogen) atoms. The Balaban J connectivity index is 3.28. The molecule has 1 aromatic rings. The van der Waals surface area contributed by atoms with Gasteiger partial charge in [-0.1, -0.05) is 13.0 Å². The molecular weight excluding hydrogens is 236 g/mol. The number of aryl methyl sites for hydroxylation is 1. The highest BCUT2D eigenvalue weighted by atomic mass is 32.2. The van der Waals surface area contributed by atoms with Gasteiger partial charge in [0.25, 0.3) is 0 Å². The van der Waals surface area contributed by atoms with E-state index in [-0.39, 0.29) is 4.90 Å². The highest BCUT2D eigenvalue weighted by molar-refractivity contribution is 7.89. The Hall–Kier alpha value is -1.38. The maximum absolute atomic E-state index is 12.2. The standard InChI is InChI=1S/C12H16N2O2S/c1-4-7-14(3)17(15,16)12-8-11(9-13)6-5-10(12)2/h5-6,8H,4,7H2,1-3H3. The third kappa shape index (κ3) is 2.84. The van der Waals surface area contributed by atoms with E-state index in [0.29, 0.717) is 17.7 Å². The molecule has 0 spiro atoms. The topological polar surface area (TPSA) is 61.2 Å². The predicted octanol–water partition coefficient (Wildman–Crippen LogP) is 1.90. The predicted molar refractivity (Wildman–Crippen MR) is 66.0 cm³/mol. The van der Waals surface area contributed by atoms with Crippen LogP contribution >= 0.6 is 0 Å². The summed E-state index contributed by atoms with van der Waals surface area (Å²) in [5.41, 5.74) is 1.02. The second-order valence-electron chi connectivity index (χ2n) is 3.92. The maximum atomic E-state index is 12.2. The van der Waals surface area contributed by atoms with Gasteiger partial charge in [-0.25, -0.2) is 12.7 Å². The van der Waals surface area contributed by atoms with Crippen molar-refractivity contribution >= 4 is 10.0 Å². The number of nitrogens with zero attached hydrogens (tertiary/aromatic N) is 2. The van der Waals surface area contributed by atoms with Gasteiger partial charge in [0, 0.05) is 13.6 Å². The molecule has 92 valence electrons. The smallest absolute Gasteiger partial charge is 0.207 e. The largest absolute Gasteiger partial charge is 0.243 e. The molecule has 1 rings (SSSR count). The molecule has 0 unspecified atom stereocenters. The van der Waals surface area contributed by atoms with E-state index >= 15 is 0 Å². The van der Waals surface area contributed by atoms with Crippen LogP contribution in [0.4, 0.5) is 0 Å². The molecule has 4 nitrogen and oxygen atoms in total. The lowest BCUT2D eigenvalue weighted by molar-refractivity contribution is 0.468. The van der Waals surface area contributed by atoms with E-state index in [0.717, 1.165) is 6.42 Å². The van der Waals surface area contributed by atoms with Crippen molar-refractivity contribution in [2.45, 2.75) is 25.2 Å². The molecule has 0 fully saturated rings. The van der Waals surface area contributed by atoms with E-state index in [2.05, 4.69) is 0 Å². The van der Waals surface area contributed by atoms with Gasteiger partial charge in [-0.05, 0) is 31.0 Å². The summed E-state index contributed by atoms with van der Waals surface area (Å²) in [5, 5.41) is 8.80. The molecule has 0 aliphatic heterocycles. The zero-order valence-electron chi connectivity index (χ0n) is 10.3. The molecule has 0 atom stereocenters. The number of hydrogen-bond donors (Lipinski definition) is 0. The molecule has 1 aromatic carbocycles. The van der Waals surface area contributed by atoms with Crippen LogP contribution in [-0.4, -0.2) is 26.3 Å². The number of nitriles is 1. The minimum Gasteiger partial charge on any atom is -0.207 e. The van der Waals surface area contributed by atoms with Crippen LogP contribution in [0.3, 0.4) is 0 Å². The van der Waals surface area contributed by atoms with Crippen LogP contribution in [0.2, 0.25) is 0 Å². The van der Waals surface area contributed by atoms with Crippen molar-refractivity contribution in [3.05, 3.63) is 29.3 Å². The van der Waals surface area contributed by atoms with Crippen molar-refractivity contribution in [2.24, 2.45) is 0 Å². The second kappa shape index (κ2) is 5.30. The van der Waals surface area contributed by atoms with Gasteiger partial charge in [0.2, 0.25) is 10.0 Å². The highest BCUT2D eigenvalue weighted by Gasteiger charge is 2.22. The number of rotatable bonds is 4. The quantitative estimate of drug-likeness (QED) is 0.822. The van der Waals surface area contributed by atoms with Gasteiger partial charge >= 0.3 is 0 Å². The molecule has 0 N–H and O–H groups in total. The summed E-state index contributed by atoms with van der Waals surface area (Å²) < 4.78 is 25.8. The first-order valence-corrected chi connectivity index (χ1v) is 6.84. The Bertz CT molecular complexity index is 544. The Kier molecular flexibility index (Phi) is 4.27. The molecule has 0 aromatic heterocycles. The molecule has 5 heteroatoms. The van der Waals surface area contributed by atoms with Gasteiger partial charge in [-0.15, -0.1) is 0 Å². The summed E-state index contributed by atoms with van der Waals surface area (Å²) in [5.74, 6) is 0. The summed E-state index contributed by atoms with van der Waals surface area (Å²) in [6.45, 7) is 4.12. The minimum atomic E-state index is -3.48. The van der Waals surface area contributed by atoms with Crippen molar-refractivity contribution in [1.29, 1.82) is 5.26 Å². The van der Waals surface area contributed by atoms with E-state index in [1.807, 2.05) is 13.0 Å². The lowest BCUT2D eigenvalue weighted by Gasteiger charge is -2.17. The fourth-order valence-electron chi connectivity index (χ4n) is 1.55. The van der Waals surface area contributed by atoms with Crippen molar-refractivity contribution in [3.63, 3.8) is 0 Å². The minimum absolute atomic E-state index is 0.215. The highest BCUT2D eigenvalue weighted by Crippen LogP contribution is 2.20. The van der Waals surface area contributed by atoms with Gasteiger partial charge in [-0.2, -0.15) is 5.26 Å². The summed E-state index contributed by atoms with van der Waals surface area (Å²) in [4.78, 5) is 0.215. The molecule has 0 aliphatic carbocycles. The first-order valence-electron chi connectivity index (χ1n) is 5.40.